The fourth-order valence-corrected chi connectivity index (χ4v) is 2.69. The van der Waals surface area contributed by atoms with Gasteiger partial charge in [0.05, 0.1) is 5.56 Å². The van der Waals surface area contributed by atoms with Crippen molar-refractivity contribution in [3.8, 4) is 0 Å². The normalized spacial score (nSPS) is 16.3. The summed E-state index contributed by atoms with van der Waals surface area (Å²) in [7, 11) is 7.36. The van der Waals surface area contributed by atoms with Crippen LogP contribution in [0.25, 0.3) is 0 Å². The molecular weight excluding hydrogens is 589 g/mol. The Morgan fingerprint density at radius 2 is 1.00 bits per heavy atom. The maximum Gasteiger partial charge on any atom is 0.442 e. The molecule has 18 heteroatoms. The Hall–Kier alpha value is -2.62. The third-order valence-corrected chi connectivity index (χ3v) is 4.66. The van der Waals surface area contributed by atoms with Gasteiger partial charge in [0, 0.05) is 38.1 Å². The molecule has 1 N–H and O–H groups in total. The molecule has 0 atom stereocenters. The van der Waals surface area contributed by atoms with Gasteiger partial charge in [0.1, 0.15) is 0 Å². The van der Waals surface area contributed by atoms with Gasteiger partial charge in [-0.3, -0.25) is 4.79 Å². The summed E-state index contributed by atoms with van der Waals surface area (Å²) >= 11 is 5.17. The number of carboxylic acids is 1. The quantitative estimate of drug-likeness (QED) is 0.306. The van der Waals surface area contributed by atoms with E-state index < -0.39 is 44.1 Å². The van der Waals surface area contributed by atoms with E-state index in [2.05, 4.69) is 41.8 Å². The van der Waals surface area contributed by atoms with Crippen LogP contribution < -0.4 is 0 Å². The SMILES string of the molecule is O=C(Cl)c1ccc(C2(C(F)(F)F)N=N2)cc1.O=C(O)c1ccc(C2(C(F)(F)F)N=N2)cc1.O=S(Cl)Cl. The molecule has 8 nitrogen and oxygen atoms in total. The van der Waals surface area contributed by atoms with Crippen LogP contribution in [0.4, 0.5) is 26.3 Å². The first-order valence-corrected chi connectivity index (χ1v) is 12.0. The fourth-order valence-electron chi connectivity index (χ4n) is 2.56. The van der Waals surface area contributed by atoms with E-state index in [-0.39, 0.29) is 22.3 Å². The van der Waals surface area contributed by atoms with Crippen molar-refractivity contribution < 1.29 is 45.2 Å². The standard InChI is InChI=1S/C9H4ClF3N2O.C9H5F3N2O2.Cl2OS/c10-7(16)5-1-3-6(4-2-5)8(14-15-8)9(11,12)13;10-9(11,12)8(13-14-8)6-3-1-5(2-4-6)7(15)16;1-4(2)3/h1-4H;1-4H,(H,15,16);. The van der Waals surface area contributed by atoms with Gasteiger partial charge < -0.3 is 5.11 Å². The van der Waals surface area contributed by atoms with Crippen LogP contribution in [-0.2, 0) is 20.6 Å². The molecule has 0 spiro atoms. The molecule has 0 fully saturated rings. The third kappa shape index (κ3) is 6.78. The van der Waals surface area contributed by atoms with Crippen molar-refractivity contribution in [2.75, 3.05) is 0 Å². The maximum atomic E-state index is 12.6. The molecule has 0 aliphatic carbocycles. The van der Waals surface area contributed by atoms with Crippen LogP contribution >= 0.6 is 33.0 Å². The topological polar surface area (TPSA) is 121 Å². The highest BCUT2D eigenvalue weighted by atomic mass is 36.0. The molecule has 4 rings (SSSR count). The fraction of sp³-hybridized carbons (Fsp3) is 0.222. The van der Waals surface area contributed by atoms with Gasteiger partial charge in [-0.05, 0) is 35.9 Å². The van der Waals surface area contributed by atoms with Gasteiger partial charge in [-0.15, -0.1) is 20.5 Å². The molecule has 0 unspecified atom stereocenters. The Labute approximate surface area is 213 Å². The summed E-state index contributed by atoms with van der Waals surface area (Å²) in [6.07, 6.45) is -9.14. The van der Waals surface area contributed by atoms with Gasteiger partial charge in [0.15, 0.2) is 0 Å². The highest BCUT2D eigenvalue weighted by Gasteiger charge is 2.65. The van der Waals surface area contributed by atoms with Crippen molar-refractivity contribution >= 4 is 53.4 Å². The molecule has 2 aliphatic rings. The average Bonchev–Trinajstić information content (AvgIpc) is 3.66. The largest absolute Gasteiger partial charge is 0.478 e. The Bertz CT molecular complexity index is 1120. The van der Waals surface area contributed by atoms with Crippen molar-refractivity contribution in [2.45, 2.75) is 23.7 Å². The minimum absolute atomic E-state index is 0.0817. The summed E-state index contributed by atoms with van der Waals surface area (Å²) in [5, 5.41) is 19.9. The molecule has 0 radical (unpaired) electrons. The summed E-state index contributed by atoms with van der Waals surface area (Å²) in [6, 6.07) is 9.02. The van der Waals surface area contributed by atoms with Gasteiger partial charge >= 0.3 is 29.6 Å². The van der Waals surface area contributed by atoms with Crippen molar-refractivity contribution in [1.29, 1.82) is 0 Å². The van der Waals surface area contributed by atoms with E-state index in [0.29, 0.717) is 0 Å². The maximum absolute atomic E-state index is 12.6. The first kappa shape index (κ1) is 29.6. The van der Waals surface area contributed by atoms with Crippen LogP contribution in [0.3, 0.4) is 0 Å². The molecular formula is C18H9Cl3F6N4O4S. The van der Waals surface area contributed by atoms with Crippen molar-refractivity contribution in [3.05, 3.63) is 70.8 Å². The van der Waals surface area contributed by atoms with Crippen LogP contribution in [-0.4, -0.2) is 32.9 Å². The minimum Gasteiger partial charge on any atom is -0.478 e. The van der Waals surface area contributed by atoms with E-state index in [1.165, 1.54) is 12.1 Å². The zero-order valence-corrected chi connectivity index (χ0v) is 20.0. The van der Waals surface area contributed by atoms with Crippen LogP contribution in [0.1, 0.15) is 31.8 Å². The van der Waals surface area contributed by atoms with Crippen molar-refractivity contribution in [3.63, 3.8) is 0 Å². The number of carbonyl (C=O) groups is 2. The zero-order chi connectivity index (χ0) is 27.5. The summed E-state index contributed by atoms with van der Waals surface area (Å²) in [5.41, 5.74) is -5.18. The van der Waals surface area contributed by atoms with Crippen LogP contribution in [0.2, 0.25) is 0 Å². The number of rotatable bonds is 4. The number of benzene rings is 2. The second kappa shape index (κ2) is 10.8. The molecule has 36 heavy (non-hydrogen) atoms. The Morgan fingerprint density at radius 1 is 0.722 bits per heavy atom. The first-order chi connectivity index (χ1) is 16.5. The zero-order valence-electron chi connectivity index (χ0n) is 16.9. The van der Waals surface area contributed by atoms with Gasteiger partial charge in [-0.2, -0.15) is 26.3 Å². The number of hydrogen-bond donors (Lipinski definition) is 1. The first-order valence-electron chi connectivity index (χ1n) is 8.87. The van der Waals surface area contributed by atoms with Crippen LogP contribution in [0.15, 0.2) is 69.0 Å². The number of alkyl halides is 6. The number of halogens is 9. The molecule has 0 aromatic heterocycles. The minimum atomic E-state index is -4.59. The molecule has 2 aliphatic heterocycles. The van der Waals surface area contributed by atoms with Gasteiger partial charge in [-0.1, -0.05) is 24.3 Å². The lowest BCUT2D eigenvalue weighted by atomic mass is 10.0. The van der Waals surface area contributed by atoms with E-state index in [0.717, 1.165) is 36.4 Å². The predicted molar refractivity (Wildman–Crippen MR) is 115 cm³/mol. The molecule has 0 amide bonds. The number of hydrogen-bond acceptors (Lipinski definition) is 7. The molecule has 2 aromatic rings. The van der Waals surface area contributed by atoms with Gasteiger partial charge in [0.2, 0.25) is 9.23 Å². The average molecular weight is 598 g/mol. The predicted octanol–water partition coefficient (Wildman–Crippen LogP) is 6.85. The van der Waals surface area contributed by atoms with Crippen molar-refractivity contribution in [1.82, 2.24) is 0 Å². The van der Waals surface area contributed by atoms with Crippen LogP contribution in [0, 0.1) is 0 Å². The molecule has 0 saturated heterocycles. The Balaban J connectivity index is 0.000000221. The second-order valence-electron chi connectivity index (χ2n) is 6.66. The highest BCUT2D eigenvalue weighted by Crippen LogP contribution is 2.53. The summed E-state index contributed by atoms with van der Waals surface area (Å²) in [4.78, 5) is 21.2. The number of carbonyl (C=O) groups excluding carboxylic acids is 1. The number of nitrogens with zero attached hydrogens (tertiary/aromatic N) is 4. The molecule has 0 saturated carbocycles. The smallest absolute Gasteiger partial charge is 0.442 e. The van der Waals surface area contributed by atoms with E-state index in [4.69, 9.17) is 20.9 Å². The van der Waals surface area contributed by atoms with Gasteiger partial charge in [-0.25, -0.2) is 9.00 Å². The molecule has 194 valence electrons. The Kier molecular flexibility index (Phi) is 8.87. The molecule has 2 heterocycles. The summed E-state index contributed by atoms with van der Waals surface area (Å²) in [5.74, 6) is -1.20. The van der Waals surface area contributed by atoms with Crippen molar-refractivity contribution in [2.24, 2.45) is 20.5 Å². The lowest BCUT2D eigenvalue weighted by molar-refractivity contribution is -0.166. The lowest BCUT2D eigenvalue weighted by Crippen LogP contribution is -2.30. The molecule has 0 bridgehead atoms. The third-order valence-electron chi connectivity index (χ3n) is 4.44. The molecule has 2 aromatic carbocycles. The van der Waals surface area contributed by atoms with E-state index >= 15 is 0 Å². The van der Waals surface area contributed by atoms with E-state index in [9.17, 15) is 35.9 Å². The van der Waals surface area contributed by atoms with E-state index in [1.54, 1.807) is 0 Å². The second-order valence-corrected chi connectivity index (χ2v) is 9.53. The summed E-state index contributed by atoms with van der Waals surface area (Å²) in [6.45, 7) is 0. The Morgan fingerprint density at radius 3 is 1.19 bits per heavy atom. The van der Waals surface area contributed by atoms with Gasteiger partial charge in [0.25, 0.3) is 5.24 Å². The monoisotopic (exact) mass is 596 g/mol. The van der Waals surface area contributed by atoms with E-state index in [1.807, 2.05) is 0 Å². The number of carboxylic acid groups (broad SMARTS) is 1. The lowest BCUT2D eigenvalue weighted by Gasteiger charge is -2.14. The highest BCUT2D eigenvalue weighted by molar-refractivity contribution is 8.26. The number of aromatic carboxylic acids is 1. The summed E-state index contributed by atoms with van der Waals surface area (Å²) < 4.78 is 84.4. The van der Waals surface area contributed by atoms with Crippen LogP contribution in [0.5, 0.6) is 0 Å².